The Morgan fingerprint density at radius 2 is 1.75 bits per heavy atom. The maximum absolute atomic E-state index is 3.70. The van der Waals surface area contributed by atoms with Gasteiger partial charge in [-0.15, -0.1) is 0 Å². The lowest BCUT2D eigenvalue weighted by Crippen LogP contribution is -1.87. The van der Waals surface area contributed by atoms with Crippen molar-refractivity contribution in [1.29, 1.82) is 0 Å². The number of benzene rings is 2. The van der Waals surface area contributed by atoms with Gasteiger partial charge in [0.25, 0.3) is 0 Å². The molecule has 0 fully saturated rings. The van der Waals surface area contributed by atoms with Crippen LogP contribution in [0.2, 0.25) is 0 Å². The molecule has 0 N–H and O–H groups in total. The Bertz CT molecular complexity index is 560. The highest BCUT2D eigenvalue weighted by molar-refractivity contribution is 5.91. The van der Waals surface area contributed by atoms with E-state index in [2.05, 4.69) is 56.8 Å². The summed E-state index contributed by atoms with van der Waals surface area (Å²) in [4.78, 5) is 0. The molecule has 2 aromatic carbocycles. The third-order valence-corrected chi connectivity index (χ3v) is 2.97. The van der Waals surface area contributed by atoms with Crippen LogP contribution < -0.4 is 0 Å². The molecule has 0 aromatic heterocycles. The first kappa shape index (κ1) is 10.7. The van der Waals surface area contributed by atoms with E-state index in [1.165, 1.54) is 27.5 Å². The predicted octanol–water partition coefficient (Wildman–Crippen LogP) is 4.66. The Morgan fingerprint density at radius 1 is 1.06 bits per heavy atom. The van der Waals surface area contributed by atoms with Gasteiger partial charge < -0.3 is 0 Å². The summed E-state index contributed by atoms with van der Waals surface area (Å²) in [5.41, 5.74) is 3.93. The van der Waals surface area contributed by atoms with E-state index >= 15 is 0 Å². The molecule has 0 bridgehead atoms. The molecule has 2 aromatic rings. The third-order valence-electron chi connectivity index (χ3n) is 2.97. The topological polar surface area (TPSA) is 0 Å². The van der Waals surface area contributed by atoms with Crippen LogP contribution in [0.4, 0.5) is 0 Å². The fourth-order valence-electron chi connectivity index (χ4n) is 2.07. The molecule has 0 saturated heterocycles. The first-order valence-electron chi connectivity index (χ1n) is 5.52. The quantitative estimate of drug-likeness (QED) is 0.630. The first-order valence-corrected chi connectivity index (χ1v) is 5.52. The minimum Gasteiger partial charge on any atom is -0.0991 e. The Labute approximate surface area is 96.9 Å². The zero-order valence-electron chi connectivity index (χ0n) is 9.83. The molecule has 0 radical (unpaired) electrons. The Morgan fingerprint density at radius 3 is 2.44 bits per heavy atom. The van der Waals surface area contributed by atoms with E-state index in [0.29, 0.717) is 0 Å². The second-order valence-corrected chi connectivity index (χ2v) is 4.05. The van der Waals surface area contributed by atoms with Gasteiger partial charge in [-0.2, -0.15) is 0 Å². The van der Waals surface area contributed by atoms with Crippen molar-refractivity contribution < 1.29 is 0 Å². The summed E-state index contributed by atoms with van der Waals surface area (Å²) in [5, 5.41) is 2.68. The van der Waals surface area contributed by atoms with Crippen LogP contribution in [0.1, 0.15) is 16.7 Å². The van der Waals surface area contributed by atoms with Gasteiger partial charge in [0.2, 0.25) is 0 Å². The largest absolute Gasteiger partial charge is 0.0991 e. The van der Waals surface area contributed by atoms with Gasteiger partial charge in [-0.1, -0.05) is 55.1 Å². The maximum Gasteiger partial charge on any atom is -0.0146 e. The summed E-state index contributed by atoms with van der Waals surface area (Å²) in [5.74, 6) is 0. The second kappa shape index (κ2) is 4.36. The summed E-state index contributed by atoms with van der Waals surface area (Å²) >= 11 is 0. The Hall–Kier alpha value is -1.82. The molecule has 0 unspecified atom stereocenters. The van der Waals surface area contributed by atoms with Gasteiger partial charge in [-0.25, -0.2) is 0 Å². The van der Waals surface area contributed by atoms with E-state index in [0.717, 1.165) is 0 Å². The molecule has 16 heavy (non-hydrogen) atoms. The lowest BCUT2D eigenvalue weighted by atomic mass is 9.96. The van der Waals surface area contributed by atoms with Gasteiger partial charge >= 0.3 is 0 Å². The van der Waals surface area contributed by atoms with Gasteiger partial charge in [0.15, 0.2) is 0 Å². The molecule has 0 aliphatic heterocycles. The molecule has 0 aliphatic carbocycles. The van der Waals surface area contributed by atoms with Crippen LogP contribution in [0.15, 0.2) is 49.1 Å². The highest BCUT2D eigenvalue weighted by Crippen LogP contribution is 2.26. The number of fused-ring (bicyclic) bond motifs is 1. The standard InChI is InChI=1S/C16H16/c1-4-5-8-14-11-12(2)15-9-6-7-10-16(15)13(14)3/h4-11H,1H2,2-3H3/b8-5-. The zero-order chi connectivity index (χ0) is 11.5. The molecular formula is C16H16. The van der Waals surface area contributed by atoms with E-state index in [-0.39, 0.29) is 0 Å². The molecule has 0 heterocycles. The SMILES string of the molecule is C=C/C=C\c1cc(C)c2ccccc2c1C. The van der Waals surface area contributed by atoms with E-state index in [1.54, 1.807) is 0 Å². The average molecular weight is 208 g/mol. The molecule has 0 nitrogen and oxygen atoms in total. The third kappa shape index (κ3) is 1.79. The number of hydrogen-bond acceptors (Lipinski definition) is 0. The van der Waals surface area contributed by atoms with Crippen molar-refractivity contribution in [2.45, 2.75) is 13.8 Å². The number of allylic oxidation sites excluding steroid dienone is 2. The molecule has 0 atom stereocenters. The average Bonchev–Trinajstić information content (AvgIpc) is 2.32. The van der Waals surface area contributed by atoms with Crippen molar-refractivity contribution in [3.05, 3.63) is 65.8 Å². The van der Waals surface area contributed by atoms with Gasteiger partial charge in [0.05, 0.1) is 0 Å². The summed E-state index contributed by atoms with van der Waals surface area (Å²) in [6.45, 7) is 8.03. The van der Waals surface area contributed by atoms with Crippen molar-refractivity contribution >= 4 is 16.8 Å². The van der Waals surface area contributed by atoms with Crippen molar-refractivity contribution in [3.63, 3.8) is 0 Å². The second-order valence-electron chi connectivity index (χ2n) is 4.05. The summed E-state index contributed by atoms with van der Waals surface area (Å²) in [6, 6.07) is 10.8. The van der Waals surface area contributed by atoms with E-state index in [9.17, 15) is 0 Å². The van der Waals surface area contributed by atoms with Crippen LogP contribution in [0.3, 0.4) is 0 Å². The van der Waals surface area contributed by atoms with Crippen LogP contribution in [0, 0.1) is 13.8 Å². The minimum absolute atomic E-state index is 1.27. The van der Waals surface area contributed by atoms with Gasteiger partial charge in [-0.3, -0.25) is 0 Å². The monoisotopic (exact) mass is 208 g/mol. The number of rotatable bonds is 2. The minimum atomic E-state index is 1.27. The molecule has 0 spiro atoms. The van der Waals surface area contributed by atoms with Crippen LogP contribution >= 0.6 is 0 Å². The number of aryl methyl sites for hydroxylation is 2. The number of hydrogen-bond donors (Lipinski definition) is 0. The van der Waals surface area contributed by atoms with Gasteiger partial charge in [0, 0.05) is 0 Å². The normalized spacial score (nSPS) is 11.1. The molecule has 0 aliphatic rings. The van der Waals surface area contributed by atoms with Crippen molar-refractivity contribution in [1.82, 2.24) is 0 Å². The Balaban J connectivity index is 2.74. The summed E-state index contributed by atoms with van der Waals surface area (Å²) in [6.07, 6.45) is 5.91. The highest BCUT2D eigenvalue weighted by atomic mass is 14.1. The molecule has 0 heteroatoms. The first-order chi connectivity index (χ1) is 7.74. The maximum atomic E-state index is 3.70. The fourth-order valence-corrected chi connectivity index (χ4v) is 2.07. The van der Waals surface area contributed by atoms with Crippen molar-refractivity contribution in [3.8, 4) is 0 Å². The van der Waals surface area contributed by atoms with Crippen LogP contribution in [0.25, 0.3) is 16.8 Å². The van der Waals surface area contributed by atoms with Gasteiger partial charge in [0.1, 0.15) is 0 Å². The van der Waals surface area contributed by atoms with E-state index in [1.807, 2.05) is 12.2 Å². The van der Waals surface area contributed by atoms with Crippen LogP contribution in [0.5, 0.6) is 0 Å². The van der Waals surface area contributed by atoms with Crippen molar-refractivity contribution in [2.75, 3.05) is 0 Å². The predicted molar refractivity (Wildman–Crippen MR) is 72.7 cm³/mol. The van der Waals surface area contributed by atoms with Gasteiger partial charge in [-0.05, 0) is 41.3 Å². The van der Waals surface area contributed by atoms with Crippen molar-refractivity contribution in [2.24, 2.45) is 0 Å². The molecule has 0 amide bonds. The fraction of sp³-hybridized carbons (Fsp3) is 0.125. The summed E-state index contributed by atoms with van der Waals surface area (Å²) in [7, 11) is 0. The highest BCUT2D eigenvalue weighted by Gasteiger charge is 2.03. The smallest absolute Gasteiger partial charge is 0.0146 e. The molecule has 2 rings (SSSR count). The molecule has 80 valence electrons. The molecular weight excluding hydrogens is 192 g/mol. The lowest BCUT2D eigenvalue weighted by molar-refractivity contribution is 1.44. The molecule has 0 saturated carbocycles. The van der Waals surface area contributed by atoms with E-state index in [4.69, 9.17) is 0 Å². The summed E-state index contributed by atoms with van der Waals surface area (Å²) < 4.78 is 0. The zero-order valence-corrected chi connectivity index (χ0v) is 9.83. The van der Waals surface area contributed by atoms with Crippen LogP contribution in [-0.2, 0) is 0 Å². The van der Waals surface area contributed by atoms with E-state index < -0.39 is 0 Å². The van der Waals surface area contributed by atoms with Crippen LogP contribution in [-0.4, -0.2) is 0 Å². The lowest BCUT2D eigenvalue weighted by Gasteiger charge is -2.09. The Kier molecular flexibility index (Phi) is 2.91.